The molecule has 1 aromatic heterocycles. The Morgan fingerprint density at radius 1 is 1.04 bits per heavy atom. The second-order valence-corrected chi connectivity index (χ2v) is 5.18. The minimum Gasteiger partial charge on any atom is -0.507 e. The Hall–Kier alpha value is -3.48. The molecule has 0 unspecified atom stereocenters. The van der Waals surface area contributed by atoms with E-state index in [0.717, 1.165) is 11.1 Å². The van der Waals surface area contributed by atoms with E-state index in [1.807, 2.05) is 37.3 Å². The summed E-state index contributed by atoms with van der Waals surface area (Å²) < 4.78 is 0. The number of hydrogen-bond donors (Lipinski definition) is 3. The monoisotopic (exact) mass is 321 g/mol. The Bertz CT molecular complexity index is 897. The van der Waals surface area contributed by atoms with Crippen LogP contribution in [-0.4, -0.2) is 26.1 Å². The third-order valence-corrected chi connectivity index (χ3v) is 3.30. The molecule has 0 saturated carbocycles. The van der Waals surface area contributed by atoms with Crippen LogP contribution in [0, 0.1) is 6.92 Å². The van der Waals surface area contributed by atoms with Gasteiger partial charge in [-0.1, -0.05) is 42.0 Å². The van der Waals surface area contributed by atoms with Crippen LogP contribution >= 0.6 is 0 Å². The summed E-state index contributed by atoms with van der Waals surface area (Å²) in [4.78, 5) is 23.9. The van der Waals surface area contributed by atoms with E-state index < -0.39 is 6.03 Å². The van der Waals surface area contributed by atoms with Crippen LogP contribution in [0.4, 0.5) is 10.7 Å². The van der Waals surface area contributed by atoms with Crippen LogP contribution in [0.5, 0.6) is 5.75 Å². The molecular formula is C17H15N5O2. The van der Waals surface area contributed by atoms with Gasteiger partial charge < -0.3 is 10.8 Å². The Morgan fingerprint density at radius 3 is 2.46 bits per heavy atom. The molecule has 7 heteroatoms. The van der Waals surface area contributed by atoms with Crippen molar-refractivity contribution < 1.29 is 9.90 Å². The third kappa shape index (κ3) is 3.30. The van der Waals surface area contributed by atoms with Crippen molar-refractivity contribution in [3.05, 3.63) is 54.1 Å². The summed E-state index contributed by atoms with van der Waals surface area (Å²) in [5, 5.41) is 12.5. The lowest BCUT2D eigenvalue weighted by molar-refractivity contribution is 0.259. The van der Waals surface area contributed by atoms with Crippen LogP contribution in [0.25, 0.3) is 22.8 Å². The molecule has 0 fully saturated rings. The molecule has 2 amide bonds. The zero-order valence-electron chi connectivity index (χ0n) is 12.9. The van der Waals surface area contributed by atoms with E-state index in [9.17, 15) is 9.90 Å². The van der Waals surface area contributed by atoms with Crippen molar-refractivity contribution in [2.45, 2.75) is 6.92 Å². The number of anilines is 1. The van der Waals surface area contributed by atoms with Gasteiger partial charge in [-0.2, -0.15) is 9.97 Å². The summed E-state index contributed by atoms with van der Waals surface area (Å²) >= 11 is 0. The molecule has 0 atom stereocenters. The molecule has 0 radical (unpaired) electrons. The maximum atomic E-state index is 11.1. The SMILES string of the molecule is Cc1ccc(O)c(-c2nc(NC(N)=O)nc(-c3ccccc3)n2)c1. The second-order valence-electron chi connectivity index (χ2n) is 5.18. The molecule has 0 aliphatic rings. The Balaban J connectivity index is 2.18. The van der Waals surface area contributed by atoms with Crippen molar-refractivity contribution in [2.24, 2.45) is 5.73 Å². The zero-order valence-corrected chi connectivity index (χ0v) is 12.9. The lowest BCUT2D eigenvalue weighted by Gasteiger charge is -2.09. The van der Waals surface area contributed by atoms with Crippen LogP contribution in [0.2, 0.25) is 0 Å². The summed E-state index contributed by atoms with van der Waals surface area (Å²) in [6, 6.07) is 13.6. The molecule has 7 nitrogen and oxygen atoms in total. The summed E-state index contributed by atoms with van der Waals surface area (Å²) in [5.74, 6) is 0.669. The van der Waals surface area contributed by atoms with Gasteiger partial charge in [-0.05, 0) is 19.1 Å². The fraction of sp³-hybridized carbons (Fsp3) is 0.0588. The first-order valence-corrected chi connectivity index (χ1v) is 7.21. The van der Waals surface area contributed by atoms with Crippen molar-refractivity contribution in [2.75, 3.05) is 5.32 Å². The van der Waals surface area contributed by atoms with Gasteiger partial charge in [-0.15, -0.1) is 0 Å². The molecule has 2 aromatic carbocycles. The number of aromatic nitrogens is 3. The van der Waals surface area contributed by atoms with Gasteiger partial charge in [-0.3, -0.25) is 5.32 Å². The summed E-state index contributed by atoms with van der Waals surface area (Å²) in [6.07, 6.45) is 0. The number of aryl methyl sites for hydroxylation is 1. The molecule has 24 heavy (non-hydrogen) atoms. The molecule has 0 saturated heterocycles. The number of nitrogens with one attached hydrogen (secondary N) is 1. The first-order valence-electron chi connectivity index (χ1n) is 7.21. The highest BCUT2D eigenvalue weighted by molar-refractivity contribution is 5.86. The number of hydrogen-bond acceptors (Lipinski definition) is 5. The summed E-state index contributed by atoms with van der Waals surface area (Å²) in [7, 11) is 0. The molecule has 4 N–H and O–H groups in total. The van der Waals surface area contributed by atoms with Crippen LogP contribution in [0.1, 0.15) is 5.56 Å². The maximum absolute atomic E-state index is 11.1. The van der Waals surface area contributed by atoms with Crippen molar-refractivity contribution in [3.63, 3.8) is 0 Å². The smallest absolute Gasteiger partial charge is 0.319 e. The fourth-order valence-corrected chi connectivity index (χ4v) is 2.21. The van der Waals surface area contributed by atoms with Crippen molar-refractivity contribution in [3.8, 4) is 28.5 Å². The first-order chi connectivity index (χ1) is 11.5. The summed E-state index contributed by atoms with van der Waals surface area (Å²) in [5.41, 5.74) is 7.29. The second kappa shape index (κ2) is 6.33. The van der Waals surface area contributed by atoms with E-state index in [-0.39, 0.29) is 17.5 Å². The molecule has 0 aliphatic carbocycles. The lowest BCUT2D eigenvalue weighted by Crippen LogP contribution is -2.21. The number of aromatic hydroxyl groups is 1. The van der Waals surface area contributed by atoms with Gasteiger partial charge in [0.05, 0.1) is 5.56 Å². The van der Waals surface area contributed by atoms with Gasteiger partial charge in [0.25, 0.3) is 0 Å². The number of benzene rings is 2. The van der Waals surface area contributed by atoms with E-state index in [1.54, 1.807) is 18.2 Å². The number of phenols is 1. The largest absolute Gasteiger partial charge is 0.507 e. The predicted octanol–water partition coefficient (Wildman–Crippen LogP) is 2.71. The molecule has 0 spiro atoms. The molecule has 120 valence electrons. The number of nitrogens with two attached hydrogens (primary N) is 1. The Morgan fingerprint density at radius 2 is 1.75 bits per heavy atom. The Labute approximate surface area is 138 Å². The van der Waals surface area contributed by atoms with Gasteiger partial charge >= 0.3 is 6.03 Å². The van der Waals surface area contributed by atoms with Crippen LogP contribution < -0.4 is 11.1 Å². The highest BCUT2D eigenvalue weighted by atomic mass is 16.3. The van der Waals surface area contributed by atoms with Crippen molar-refractivity contribution >= 4 is 12.0 Å². The quantitative estimate of drug-likeness (QED) is 0.686. The van der Waals surface area contributed by atoms with E-state index >= 15 is 0 Å². The van der Waals surface area contributed by atoms with Gasteiger partial charge in [0.1, 0.15) is 5.75 Å². The number of amides is 2. The molecule has 3 rings (SSSR count). The topological polar surface area (TPSA) is 114 Å². The predicted molar refractivity (Wildman–Crippen MR) is 90.3 cm³/mol. The zero-order chi connectivity index (χ0) is 17.1. The van der Waals surface area contributed by atoms with Crippen LogP contribution in [0.3, 0.4) is 0 Å². The van der Waals surface area contributed by atoms with Gasteiger partial charge in [0.2, 0.25) is 5.95 Å². The number of rotatable bonds is 3. The molecule has 0 bridgehead atoms. The normalized spacial score (nSPS) is 10.4. The van der Waals surface area contributed by atoms with Crippen molar-refractivity contribution in [1.29, 1.82) is 0 Å². The number of urea groups is 1. The summed E-state index contributed by atoms with van der Waals surface area (Å²) in [6.45, 7) is 1.89. The Kier molecular flexibility index (Phi) is 4.07. The van der Waals surface area contributed by atoms with Crippen LogP contribution in [-0.2, 0) is 0 Å². The first kappa shape index (κ1) is 15.4. The third-order valence-electron chi connectivity index (χ3n) is 3.30. The van der Waals surface area contributed by atoms with Crippen LogP contribution in [0.15, 0.2) is 48.5 Å². The van der Waals surface area contributed by atoms with Gasteiger partial charge in [0, 0.05) is 5.56 Å². The average Bonchev–Trinajstić information content (AvgIpc) is 2.57. The number of phenolic OH excluding ortho intramolecular Hbond substituents is 1. The number of carbonyl (C=O) groups is 1. The minimum absolute atomic E-state index is 0.0206. The highest BCUT2D eigenvalue weighted by Crippen LogP contribution is 2.29. The maximum Gasteiger partial charge on any atom is 0.319 e. The van der Waals surface area contributed by atoms with Gasteiger partial charge in [-0.25, -0.2) is 9.78 Å². The van der Waals surface area contributed by atoms with E-state index in [1.165, 1.54) is 0 Å². The number of nitrogens with zero attached hydrogens (tertiary/aromatic N) is 3. The standard InChI is InChI=1S/C17H15N5O2/c1-10-7-8-13(23)12(9-10)15-19-14(11-5-3-2-4-6-11)20-17(21-15)22-16(18)24/h2-9,23H,1H3,(H3,18,19,20,21,22,24). The highest BCUT2D eigenvalue weighted by Gasteiger charge is 2.14. The van der Waals surface area contributed by atoms with Gasteiger partial charge in [0.15, 0.2) is 11.6 Å². The average molecular weight is 321 g/mol. The van der Waals surface area contributed by atoms with E-state index in [0.29, 0.717) is 11.4 Å². The van der Waals surface area contributed by atoms with Crippen molar-refractivity contribution in [1.82, 2.24) is 15.0 Å². The molecule has 1 heterocycles. The van der Waals surface area contributed by atoms with E-state index in [2.05, 4.69) is 20.3 Å². The van der Waals surface area contributed by atoms with E-state index in [4.69, 9.17) is 5.73 Å². The molecular weight excluding hydrogens is 306 g/mol. The number of primary amides is 1. The lowest BCUT2D eigenvalue weighted by atomic mass is 10.1. The molecule has 0 aliphatic heterocycles. The number of carbonyl (C=O) groups excluding carboxylic acids is 1. The fourth-order valence-electron chi connectivity index (χ4n) is 2.21. The minimum atomic E-state index is -0.778. The molecule has 3 aromatic rings.